The number of nitrogens with one attached hydrogen (secondary N) is 2. The number of unbranched alkanes of at least 4 members (excludes halogenated alkanes) is 1. The summed E-state index contributed by atoms with van der Waals surface area (Å²) in [7, 11) is 0. The zero-order valence-corrected chi connectivity index (χ0v) is 18.5. The van der Waals surface area contributed by atoms with Crippen molar-refractivity contribution in [1.82, 2.24) is 15.6 Å². The van der Waals surface area contributed by atoms with Crippen molar-refractivity contribution < 1.29 is 28.6 Å². The van der Waals surface area contributed by atoms with Crippen LogP contribution >= 0.6 is 0 Å². The van der Waals surface area contributed by atoms with E-state index >= 15 is 0 Å². The Labute approximate surface area is 196 Å². The average molecular weight is 463 g/mol. The molecule has 1 aromatic heterocycles. The molecule has 0 radical (unpaired) electrons. The number of fused-ring (bicyclic) bond motifs is 3. The highest BCUT2D eigenvalue weighted by Gasteiger charge is 2.28. The first kappa shape index (κ1) is 23.0. The smallest absolute Gasteiger partial charge is 0.407 e. The molecule has 34 heavy (non-hydrogen) atoms. The molecule has 4 rings (SSSR count). The first-order valence-electron chi connectivity index (χ1n) is 11.1. The van der Waals surface area contributed by atoms with Gasteiger partial charge in [-0.2, -0.15) is 0 Å². The first-order valence-corrected chi connectivity index (χ1v) is 11.1. The molecule has 0 unspecified atom stereocenters. The number of oxazole rings is 1. The standard InChI is InChI=1S/C25H25N3O6/c29-22(27-13-21-23(24(30)31)28-15-34-21)11-5-6-12-26-25(32)33-14-20-18-9-3-1-7-16(18)17-8-2-4-10-19(17)20/h1-4,7-10,15,20H,5-6,11-14H2,(H,26,32)(H,27,29)(H,30,31). The number of amides is 2. The van der Waals surface area contributed by atoms with Crippen LogP contribution in [0, 0.1) is 0 Å². The van der Waals surface area contributed by atoms with Gasteiger partial charge in [-0.05, 0) is 35.1 Å². The highest BCUT2D eigenvalue weighted by molar-refractivity contribution is 5.86. The van der Waals surface area contributed by atoms with E-state index in [0.717, 1.165) is 17.5 Å². The van der Waals surface area contributed by atoms with Gasteiger partial charge in [-0.15, -0.1) is 0 Å². The Hall–Kier alpha value is -4.14. The maximum absolute atomic E-state index is 12.2. The number of alkyl carbamates (subject to hydrolysis) is 1. The minimum Gasteiger partial charge on any atom is -0.476 e. The lowest BCUT2D eigenvalue weighted by Crippen LogP contribution is -2.27. The third kappa shape index (κ3) is 5.25. The topological polar surface area (TPSA) is 131 Å². The molecule has 3 aromatic rings. The number of rotatable bonds is 10. The van der Waals surface area contributed by atoms with Crippen LogP contribution in [-0.4, -0.2) is 41.2 Å². The van der Waals surface area contributed by atoms with E-state index in [2.05, 4.69) is 39.9 Å². The molecule has 0 saturated carbocycles. The van der Waals surface area contributed by atoms with Crippen molar-refractivity contribution in [2.45, 2.75) is 31.7 Å². The van der Waals surface area contributed by atoms with Crippen LogP contribution in [0.15, 0.2) is 59.3 Å². The number of carbonyl (C=O) groups is 3. The van der Waals surface area contributed by atoms with E-state index in [1.807, 2.05) is 24.3 Å². The highest BCUT2D eigenvalue weighted by atomic mass is 16.5. The Morgan fingerprint density at radius 1 is 0.971 bits per heavy atom. The molecule has 3 N–H and O–H groups in total. The maximum atomic E-state index is 12.2. The maximum Gasteiger partial charge on any atom is 0.407 e. The van der Waals surface area contributed by atoms with Crippen LogP contribution in [0.5, 0.6) is 0 Å². The van der Waals surface area contributed by atoms with Gasteiger partial charge in [-0.3, -0.25) is 4.79 Å². The summed E-state index contributed by atoms with van der Waals surface area (Å²) >= 11 is 0. The van der Waals surface area contributed by atoms with Gasteiger partial charge in [0.05, 0.1) is 6.54 Å². The molecule has 0 atom stereocenters. The number of aromatic carboxylic acids is 1. The second kappa shape index (κ2) is 10.7. The molecule has 1 aliphatic carbocycles. The van der Waals surface area contributed by atoms with Crippen LogP contribution in [0.1, 0.15) is 52.6 Å². The van der Waals surface area contributed by atoms with Crippen molar-refractivity contribution in [3.8, 4) is 11.1 Å². The van der Waals surface area contributed by atoms with Crippen molar-refractivity contribution in [3.63, 3.8) is 0 Å². The SMILES string of the molecule is O=C(CCCCNC(=O)OCC1c2ccccc2-c2ccccc21)NCc1ocnc1C(=O)O. The lowest BCUT2D eigenvalue weighted by molar-refractivity contribution is -0.121. The lowest BCUT2D eigenvalue weighted by Gasteiger charge is -2.14. The predicted molar refractivity (Wildman–Crippen MR) is 122 cm³/mol. The van der Waals surface area contributed by atoms with Crippen molar-refractivity contribution in [2.24, 2.45) is 0 Å². The minimum atomic E-state index is -1.21. The number of hydrogen-bond acceptors (Lipinski definition) is 6. The summed E-state index contributed by atoms with van der Waals surface area (Å²) in [5.74, 6) is -1.35. The van der Waals surface area contributed by atoms with E-state index in [-0.39, 0.29) is 42.9 Å². The Kier molecular flexibility index (Phi) is 7.22. The van der Waals surface area contributed by atoms with E-state index in [0.29, 0.717) is 19.4 Å². The fraction of sp³-hybridized carbons (Fsp3) is 0.280. The average Bonchev–Trinajstić information content (AvgIpc) is 3.44. The molecule has 0 spiro atoms. The minimum absolute atomic E-state index is 0.00727. The summed E-state index contributed by atoms with van der Waals surface area (Å²) in [6.07, 6.45) is 1.93. The zero-order valence-electron chi connectivity index (χ0n) is 18.5. The van der Waals surface area contributed by atoms with Gasteiger partial charge in [0.25, 0.3) is 0 Å². The van der Waals surface area contributed by atoms with Gasteiger partial charge in [0.1, 0.15) is 6.61 Å². The van der Waals surface area contributed by atoms with E-state index in [9.17, 15) is 14.4 Å². The third-order valence-corrected chi connectivity index (χ3v) is 5.73. The Morgan fingerprint density at radius 2 is 1.65 bits per heavy atom. The van der Waals surface area contributed by atoms with E-state index in [1.54, 1.807) is 0 Å². The molecule has 9 heteroatoms. The molecule has 1 heterocycles. The number of benzene rings is 2. The molecule has 0 bridgehead atoms. The van der Waals surface area contributed by atoms with Gasteiger partial charge in [0.2, 0.25) is 5.91 Å². The van der Waals surface area contributed by atoms with E-state index in [1.165, 1.54) is 11.1 Å². The quantitative estimate of drug-likeness (QED) is 0.391. The van der Waals surface area contributed by atoms with Crippen LogP contribution in [0.2, 0.25) is 0 Å². The molecule has 9 nitrogen and oxygen atoms in total. The second-order valence-corrected chi connectivity index (χ2v) is 7.92. The third-order valence-electron chi connectivity index (χ3n) is 5.73. The van der Waals surface area contributed by atoms with Gasteiger partial charge in [-0.25, -0.2) is 14.6 Å². The first-order chi connectivity index (χ1) is 16.5. The summed E-state index contributed by atoms with van der Waals surface area (Å²) in [6.45, 7) is 0.593. The van der Waals surface area contributed by atoms with Crippen molar-refractivity contribution in [3.05, 3.63) is 77.5 Å². The molecule has 0 aliphatic heterocycles. The van der Waals surface area contributed by atoms with Crippen LogP contribution in [0.25, 0.3) is 11.1 Å². The van der Waals surface area contributed by atoms with Crippen LogP contribution in [0.3, 0.4) is 0 Å². The number of carboxylic acids is 1. The molecule has 0 fully saturated rings. The number of hydrogen-bond donors (Lipinski definition) is 3. The number of ether oxygens (including phenoxy) is 1. The van der Waals surface area contributed by atoms with Crippen molar-refractivity contribution >= 4 is 18.0 Å². The fourth-order valence-electron chi connectivity index (χ4n) is 4.09. The summed E-state index contributed by atoms with van der Waals surface area (Å²) in [5, 5.41) is 14.3. The Balaban J connectivity index is 1.14. The lowest BCUT2D eigenvalue weighted by atomic mass is 9.98. The molecule has 176 valence electrons. The van der Waals surface area contributed by atoms with Gasteiger partial charge in [0, 0.05) is 18.9 Å². The summed E-state index contributed by atoms with van der Waals surface area (Å²) < 4.78 is 10.5. The highest BCUT2D eigenvalue weighted by Crippen LogP contribution is 2.44. The number of carbonyl (C=O) groups excluding carboxylic acids is 2. The molecule has 0 saturated heterocycles. The fourth-order valence-corrected chi connectivity index (χ4v) is 4.09. The zero-order chi connectivity index (χ0) is 23.9. The Bertz CT molecular complexity index is 1140. The van der Waals surface area contributed by atoms with Gasteiger partial charge in [0.15, 0.2) is 17.8 Å². The largest absolute Gasteiger partial charge is 0.476 e. The van der Waals surface area contributed by atoms with Gasteiger partial charge < -0.3 is 24.9 Å². The van der Waals surface area contributed by atoms with Crippen molar-refractivity contribution in [1.29, 1.82) is 0 Å². The van der Waals surface area contributed by atoms with Crippen molar-refractivity contribution in [2.75, 3.05) is 13.2 Å². The molecule has 2 amide bonds. The summed E-state index contributed by atoms with van der Waals surface area (Å²) in [6, 6.07) is 16.3. The number of carboxylic acid groups (broad SMARTS) is 1. The van der Waals surface area contributed by atoms with Gasteiger partial charge in [-0.1, -0.05) is 48.5 Å². The second-order valence-electron chi connectivity index (χ2n) is 7.92. The van der Waals surface area contributed by atoms with Crippen LogP contribution in [-0.2, 0) is 16.1 Å². The molecule has 1 aliphatic rings. The summed E-state index contributed by atoms with van der Waals surface area (Å²) in [5.41, 5.74) is 4.44. The number of nitrogens with zero attached hydrogens (tertiary/aromatic N) is 1. The van der Waals surface area contributed by atoms with Crippen LogP contribution < -0.4 is 10.6 Å². The monoisotopic (exact) mass is 463 g/mol. The van der Waals surface area contributed by atoms with E-state index in [4.69, 9.17) is 14.3 Å². The molecular formula is C25H25N3O6. The molecule has 2 aromatic carbocycles. The summed E-state index contributed by atoms with van der Waals surface area (Å²) in [4.78, 5) is 38.7. The normalized spacial score (nSPS) is 12.0. The Morgan fingerprint density at radius 3 is 2.32 bits per heavy atom. The van der Waals surface area contributed by atoms with Crippen LogP contribution in [0.4, 0.5) is 4.79 Å². The number of aromatic nitrogens is 1. The van der Waals surface area contributed by atoms with E-state index < -0.39 is 12.1 Å². The van der Waals surface area contributed by atoms with Gasteiger partial charge >= 0.3 is 12.1 Å². The predicted octanol–water partition coefficient (Wildman–Crippen LogP) is 3.70. The molecular weight excluding hydrogens is 438 g/mol.